The van der Waals surface area contributed by atoms with Gasteiger partial charge in [-0.2, -0.15) is 0 Å². The number of piperidine rings is 1. The van der Waals surface area contributed by atoms with Gasteiger partial charge in [0.2, 0.25) is 5.91 Å². The molecule has 1 saturated carbocycles. The van der Waals surface area contributed by atoms with Crippen molar-refractivity contribution >= 4 is 5.91 Å². The van der Waals surface area contributed by atoms with Gasteiger partial charge in [0.1, 0.15) is 11.6 Å². The minimum absolute atomic E-state index is 0.305. The molecule has 0 radical (unpaired) electrons. The zero-order valence-corrected chi connectivity index (χ0v) is 14.8. The van der Waals surface area contributed by atoms with Gasteiger partial charge in [-0.3, -0.25) is 4.79 Å². The van der Waals surface area contributed by atoms with E-state index in [9.17, 15) is 4.79 Å². The number of carbonyl (C=O) groups excluding carboxylic acids is 1. The minimum Gasteiger partial charge on any atom is -0.342 e. The first-order chi connectivity index (χ1) is 11.8. The lowest BCUT2D eigenvalue weighted by atomic mass is 9.87. The van der Waals surface area contributed by atoms with Gasteiger partial charge < -0.3 is 9.47 Å². The molecule has 0 aromatic carbocycles. The molecular weight excluding hydrogens is 300 g/mol. The Kier molecular flexibility index (Phi) is 4.86. The predicted molar refractivity (Wildman–Crippen MR) is 92.7 cm³/mol. The van der Waals surface area contributed by atoms with Gasteiger partial charge in [0.05, 0.1) is 0 Å². The van der Waals surface area contributed by atoms with E-state index < -0.39 is 0 Å². The second kappa shape index (κ2) is 7.24. The summed E-state index contributed by atoms with van der Waals surface area (Å²) in [6.07, 6.45) is 13.0. The average molecular weight is 330 g/mol. The van der Waals surface area contributed by atoms with E-state index in [0.29, 0.717) is 17.7 Å². The normalized spacial score (nSPS) is 23.8. The monoisotopic (exact) mass is 330 g/mol. The minimum atomic E-state index is 0.305. The van der Waals surface area contributed by atoms with Gasteiger partial charge >= 0.3 is 0 Å². The van der Waals surface area contributed by atoms with Gasteiger partial charge in [-0.1, -0.05) is 25.7 Å². The van der Waals surface area contributed by atoms with Crippen LogP contribution in [-0.2, 0) is 17.8 Å². The summed E-state index contributed by atoms with van der Waals surface area (Å²) < 4.78 is 2.39. The maximum absolute atomic E-state index is 12.7. The molecule has 2 aliphatic heterocycles. The van der Waals surface area contributed by atoms with Crippen molar-refractivity contribution in [1.82, 2.24) is 19.7 Å². The maximum atomic E-state index is 12.7. The molecule has 1 amide bonds. The molecule has 1 aromatic heterocycles. The van der Waals surface area contributed by atoms with Crippen LogP contribution in [0.15, 0.2) is 0 Å². The fraction of sp³-hybridized carbons (Fsp3) is 0.842. The number of rotatable bonds is 2. The topological polar surface area (TPSA) is 51.0 Å². The maximum Gasteiger partial charge on any atom is 0.225 e. The number of likely N-dealkylation sites (tertiary alicyclic amines) is 1. The second-order valence-electron chi connectivity index (χ2n) is 7.87. The number of carbonyl (C=O) groups is 1. The summed E-state index contributed by atoms with van der Waals surface area (Å²) in [5, 5.41) is 8.98. The molecule has 0 unspecified atom stereocenters. The molecule has 132 valence electrons. The highest BCUT2D eigenvalue weighted by Gasteiger charge is 2.31. The predicted octanol–water partition coefficient (Wildman–Crippen LogP) is 3.29. The lowest BCUT2D eigenvalue weighted by Gasteiger charge is -2.35. The van der Waals surface area contributed by atoms with Gasteiger partial charge in [-0.25, -0.2) is 0 Å². The molecule has 0 bridgehead atoms. The molecule has 3 heterocycles. The van der Waals surface area contributed by atoms with Crippen LogP contribution < -0.4 is 0 Å². The third-order valence-electron chi connectivity index (χ3n) is 6.26. The van der Waals surface area contributed by atoms with Crippen molar-refractivity contribution in [3.8, 4) is 0 Å². The molecule has 2 fully saturated rings. The highest BCUT2D eigenvalue weighted by molar-refractivity contribution is 5.79. The highest BCUT2D eigenvalue weighted by atomic mass is 16.2. The lowest BCUT2D eigenvalue weighted by Crippen LogP contribution is -2.42. The lowest BCUT2D eigenvalue weighted by molar-refractivity contribution is -0.137. The van der Waals surface area contributed by atoms with Crippen molar-refractivity contribution in [2.45, 2.75) is 83.1 Å². The Labute approximate surface area is 144 Å². The summed E-state index contributed by atoms with van der Waals surface area (Å²) >= 11 is 0. The molecule has 1 aromatic rings. The molecular formula is C19H30N4O. The Balaban J connectivity index is 1.38. The molecule has 4 rings (SSSR count). The fourth-order valence-corrected chi connectivity index (χ4v) is 4.78. The van der Waals surface area contributed by atoms with Crippen LogP contribution >= 0.6 is 0 Å². The smallest absolute Gasteiger partial charge is 0.225 e. The van der Waals surface area contributed by atoms with Crippen LogP contribution in [0.5, 0.6) is 0 Å². The molecule has 0 spiro atoms. The van der Waals surface area contributed by atoms with Crippen molar-refractivity contribution in [1.29, 1.82) is 0 Å². The first-order valence-electron chi connectivity index (χ1n) is 10.0. The number of aromatic nitrogens is 3. The largest absolute Gasteiger partial charge is 0.342 e. The first kappa shape index (κ1) is 16.1. The quantitative estimate of drug-likeness (QED) is 0.836. The zero-order valence-electron chi connectivity index (χ0n) is 14.8. The van der Waals surface area contributed by atoms with E-state index in [1.165, 1.54) is 50.2 Å². The second-order valence-corrected chi connectivity index (χ2v) is 7.87. The number of aryl methyl sites for hydroxylation is 1. The Morgan fingerprint density at radius 1 is 0.833 bits per heavy atom. The van der Waals surface area contributed by atoms with Crippen LogP contribution in [0.4, 0.5) is 0 Å². The van der Waals surface area contributed by atoms with Gasteiger partial charge in [-0.15, -0.1) is 10.2 Å². The summed E-state index contributed by atoms with van der Waals surface area (Å²) in [6, 6.07) is 0. The van der Waals surface area contributed by atoms with Crippen molar-refractivity contribution in [2.24, 2.45) is 5.92 Å². The first-order valence-corrected chi connectivity index (χ1v) is 10.0. The molecule has 0 atom stereocenters. The summed E-state index contributed by atoms with van der Waals surface area (Å²) in [6.45, 7) is 2.89. The Bertz CT molecular complexity index is 568. The van der Waals surface area contributed by atoms with Crippen molar-refractivity contribution < 1.29 is 4.79 Å². The number of fused-ring (bicyclic) bond motifs is 1. The van der Waals surface area contributed by atoms with Crippen LogP contribution in [0.1, 0.15) is 81.8 Å². The van der Waals surface area contributed by atoms with Crippen LogP contribution in [0, 0.1) is 5.92 Å². The van der Waals surface area contributed by atoms with Gasteiger partial charge in [0, 0.05) is 37.9 Å². The molecule has 0 N–H and O–H groups in total. The van der Waals surface area contributed by atoms with Crippen molar-refractivity contribution in [3.63, 3.8) is 0 Å². The van der Waals surface area contributed by atoms with E-state index in [2.05, 4.69) is 19.7 Å². The van der Waals surface area contributed by atoms with Crippen LogP contribution in [-0.4, -0.2) is 38.7 Å². The van der Waals surface area contributed by atoms with E-state index in [1.54, 1.807) is 0 Å². The van der Waals surface area contributed by atoms with Crippen LogP contribution in [0.25, 0.3) is 0 Å². The third kappa shape index (κ3) is 3.22. The Hall–Kier alpha value is -1.39. The average Bonchev–Trinajstić information content (AvgIpc) is 2.90. The van der Waals surface area contributed by atoms with E-state index in [1.807, 2.05) is 0 Å². The summed E-state index contributed by atoms with van der Waals surface area (Å²) in [5.41, 5.74) is 0. The number of nitrogens with zero attached hydrogens (tertiary/aromatic N) is 4. The van der Waals surface area contributed by atoms with Crippen LogP contribution in [0.3, 0.4) is 0 Å². The number of hydrogen-bond acceptors (Lipinski definition) is 3. The third-order valence-corrected chi connectivity index (χ3v) is 6.26. The van der Waals surface area contributed by atoms with Gasteiger partial charge in [0.25, 0.3) is 0 Å². The summed E-state index contributed by atoms with van der Waals surface area (Å²) in [5.74, 6) is 3.59. The highest BCUT2D eigenvalue weighted by Crippen LogP contribution is 2.31. The standard InChI is InChI=1S/C19H30N4O/c24-19(16-7-3-1-4-8-16)22-13-10-15(11-14-22)18-21-20-17-9-5-2-6-12-23(17)18/h15-16H,1-14H2. The molecule has 5 heteroatoms. The van der Waals surface area contributed by atoms with Gasteiger partial charge in [-0.05, 0) is 38.5 Å². The molecule has 24 heavy (non-hydrogen) atoms. The Morgan fingerprint density at radius 2 is 1.58 bits per heavy atom. The number of hydrogen-bond donors (Lipinski definition) is 0. The number of amides is 1. The molecule has 3 aliphatic rings. The van der Waals surface area contributed by atoms with Crippen molar-refractivity contribution in [2.75, 3.05) is 13.1 Å². The van der Waals surface area contributed by atoms with Crippen molar-refractivity contribution in [3.05, 3.63) is 11.6 Å². The van der Waals surface area contributed by atoms with Crippen LogP contribution in [0.2, 0.25) is 0 Å². The summed E-state index contributed by atoms with van der Waals surface area (Å²) in [4.78, 5) is 14.8. The SMILES string of the molecule is O=C(C1CCCCC1)N1CCC(c2nnc3n2CCCCC3)CC1. The molecule has 1 saturated heterocycles. The van der Waals surface area contributed by atoms with E-state index >= 15 is 0 Å². The fourth-order valence-electron chi connectivity index (χ4n) is 4.78. The van der Waals surface area contributed by atoms with Gasteiger partial charge in [0.15, 0.2) is 0 Å². The summed E-state index contributed by atoms with van der Waals surface area (Å²) in [7, 11) is 0. The molecule has 1 aliphatic carbocycles. The van der Waals surface area contributed by atoms with E-state index in [0.717, 1.165) is 51.7 Å². The molecule has 5 nitrogen and oxygen atoms in total. The zero-order chi connectivity index (χ0) is 16.4. The van der Waals surface area contributed by atoms with E-state index in [-0.39, 0.29) is 0 Å². The Morgan fingerprint density at radius 3 is 2.38 bits per heavy atom. The van der Waals surface area contributed by atoms with E-state index in [4.69, 9.17) is 0 Å².